The van der Waals surface area contributed by atoms with Crippen molar-refractivity contribution in [3.05, 3.63) is 42.0 Å². The van der Waals surface area contributed by atoms with Crippen molar-refractivity contribution >= 4 is 23.4 Å². The zero-order valence-corrected chi connectivity index (χ0v) is 15.2. The molecule has 0 saturated carbocycles. The van der Waals surface area contributed by atoms with Crippen LogP contribution in [0.3, 0.4) is 0 Å². The van der Waals surface area contributed by atoms with Gasteiger partial charge in [0.25, 0.3) is 5.91 Å². The maximum absolute atomic E-state index is 12.7. The molecule has 2 aliphatic rings. The number of halogens is 3. The summed E-state index contributed by atoms with van der Waals surface area (Å²) in [6.07, 6.45) is -2.77. The number of aryl methyl sites for hydroxylation is 1. The number of benzene rings is 1. The van der Waals surface area contributed by atoms with E-state index in [0.29, 0.717) is 18.5 Å². The zero-order chi connectivity index (χ0) is 20.5. The second kappa shape index (κ2) is 7.65. The van der Waals surface area contributed by atoms with Crippen LogP contribution in [0.15, 0.2) is 30.9 Å². The lowest BCUT2D eigenvalue weighted by molar-refractivity contribution is -0.142. The first-order valence-corrected chi connectivity index (χ1v) is 8.90. The fourth-order valence-corrected chi connectivity index (χ4v) is 3.44. The van der Waals surface area contributed by atoms with E-state index in [0.717, 1.165) is 22.6 Å². The van der Waals surface area contributed by atoms with Gasteiger partial charge in [-0.15, -0.1) is 0 Å². The van der Waals surface area contributed by atoms with Gasteiger partial charge in [0.15, 0.2) is 0 Å². The zero-order valence-electron chi connectivity index (χ0n) is 15.2. The molecule has 0 unspecified atom stereocenters. The number of hydrogen-bond acceptors (Lipinski definition) is 3. The lowest BCUT2D eigenvalue weighted by Crippen LogP contribution is -2.35. The molecule has 1 aromatic rings. The van der Waals surface area contributed by atoms with Gasteiger partial charge in [-0.05, 0) is 42.7 Å². The molecule has 2 heterocycles. The summed E-state index contributed by atoms with van der Waals surface area (Å²) in [5.74, 6) is -1.14. The lowest BCUT2D eigenvalue weighted by atomic mass is 9.98. The molecule has 150 valence electrons. The normalized spacial score (nSPS) is 17.0. The van der Waals surface area contributed by atoms with Crippen molar-refractivity contribution in [1.29, 1.82) is 0 Å². The summed E-state index contributed by atoms with van der Waals surface area (Å²) >= 11 is 0. The maximum atomic E-state index is 12.7. The lowest BCUT2D eigenvalue weighted by Gasteiger charge is -2.29. The molecule has 0 bridgehead atoms. The maximum Gasteiger partial charge on any atom is 0.390 e. The van der Waals surface area contributed by atoms with Crippen LogP contribution in [0.4, 0.5) is 18.9 Å². The van der Waals surface area contributed by atoms with Gasteiger partial charge < -0.3 is 14.7 Å². The van der Waals surface area contributed by atoms with Crippen molar-refractivity contribution in [2.45, 2.75) is 25.4 Å². The van der Waals surface area contributed by atoms with E-state index in [9.17, 15) is 27.6 Å². The summed E-state index contributed by atoms with van der Waals surface area (Å²) in [4.78, 5) is 40.5. The minimum atomic E-state index is -4.36. The second-order valence-electron chi connectivity index (χ2n) is 6.81. The Labute approximate surface area is 160 Å². The van der Waals surface area contributed by atoms with Crippen LogP contribution in [0.2, 0.25) is 0 Å². The van der Waals surface area contributed by atoms with Crippen LogP contribution in [0, 0.1) is 0 Å². The van der Waals surface area contributed by atoms with Crippen LogP contribution >= 0.6 is 0 Å². The third kappa shape index (κ3) is 4.18. The molecule has 28 heavy (non-hydrogen) atoms. The Morgan fingerprint density at radius 1 is 1.25 bits per heavy atom. The summed E-state index contributed by atoms with van der Waals surface area (Å²) < 4.78 is 37.1. The van der Waals surface area contributed by atoms with E-state index >= 15 is 0 Å². The van der Waals surface area contributed by atoms with E-state index in [1.165, 1.54) is 11.0 Å². The highest BCUT2D eigenvalue weighted by Gasteiger charge is 2.35. The molecule has 3 rings (SSSR count). The number of anilines is 1. The molecule has 0 aromatic heterocycles. The number of fused-ring (bicyclic) bond motifs is 1. The summed E-state index contributed by atoms with van der Waals surface area (Å²) in [6.45, 7) is 3.20. The van der Waals surface area contributed by atoms with Crippen molar-refractivity contribution in [2.75, 3.05) is 31.2 Å². The molecule has 0 spiro atoms. The fourth-order valence-electron chi connectivity index (χ4n) is 3.44. The number of rotatable bonds is 4. The number of carbonyl (C=O) groups excluding carboxylic acids is 3. The van der Waals surface area contributed by atoms with Crippen molar-refractivity contribution < 1.29 is 27.6 Å². The predicted molar refractivity (Wildman–Crippen MR) is 95.6 cm³/mol. The van der Waals surface area contributed by atoms with Crippen LogP contribution in [0.1, 0.15) is 28.8 Å². The van der Waals surface area contributed by atoms with E-state index in [-0.39, 0.29) is 19.1 Å². The van der Waals surface area contributed by atoms with Gasteiger partial charge >= 0.3 is 6.18 Å². The minimum Gasteiger partial charge on any atom is -0.323 e. The summed E-state index contributed by atoms with van der Waals surface area (Å²) in [7, 11) is 0. The summed E-state index contributed by atoms with van der Waals surface area (Å²) in [6, 6.07) is 4.93. The third-order valence-corrected chi connectivity index (χ3v) is 4.86. The van der Waals surface area contributed by atoms with Gasteiger partial charge in [-0.3, -0.25) is 14.4 Å². The Balaban J connectivity index is 1.72. The summed E-state index contributed by atoms with van der Waals surface area (Å²) in [5.41, 5.74) is 1.90. The SMILES string of the molecule is C=CC(=O)N1CCCc2cc(C(=O)N3CC(=O)N(CCC(F)(F)F)C3)ccc21. The number of alkyl halides is 3. The first-order chi connectivity index (χ1) is 13.2. The van der Waals surface area contributed by atoms with Gasteiger partial charge in [0.05, 0.1) is 13.1 Å². The quantitative estimate of drug-likeness (QED) is 0.736. The number of nitrogens with zero attached hydrogens (tertiary/aromatic N) is 3. The second-order valence-corrected chi connectivity index (χ2v) is 6.81. The van der Waals surface area contributed by atoms with Gasteiger partial charge in [0.1, 0.15) is 6.54 Å². The van der Waals surface area contributed by atoms with E-state index in [4.69, 9.17) is 0 Å². The highest BCUT2D eigenvalue weighted by atomic mass is 19.4. The molecule has 1 saturated heterocycles. The Hall–Kier alpha value is -2.84. The molecule has 9 heteroatoms. The fraction of sp³-hybridized carbons (Fsp3) is 0.421. The predicted octanol–water partition coefficient (Wildman–Crippen LogP) is 2.35. The van der Waals surface area contributed by atoms with Crippen molar-refractivity contribution in [3.63, 3.8) is 0 Å². The highest BCUT2D eigenvalue weighted by molar-refractivity contribution is 6.03. The first-order valence-electron chi connectivity index (χ1n) is 8.90. The standard InChI is InChI=1S/C19H20F3N3O3/c1-2-16(26)25-8-3-4-13-10-14(5-6-15(13)25)18(28)24-11-17(27)23(12-24)9-7-19(20,21)22/h2,5-6,10H,1,3-4,7-9,11-12H2. The molecule has 0 atom stereocenters. The smallest absolute Gasteiger partial charge is 0.323 e. The molecule has 3 amide bonds. The van der Waals surface area contributed by atoms with Crippen LogP contribution in [0.25, 0.3) is 0 Å². The topological polar surface area (TPSA) is 60.9 Å². The van der Waals surface area contributed by atoms with Gasteiger partial charge in [0.2, 0.25) is 11.8 Å². The Morgan fingerprint density at radius 2 is 2.00 bits per heavy atom. The van der Waals surface area contributed by atoms with Gasteiger partial charge in [-0.1, -0.05) is 6.58 Å². The van der Waals surface area contributed by atoms with E-state index in [1.807, 2.05) is 0 Å². The first kappa shape index (κ1) is 19.9. The summed E-state index contributed by atoms with van der Waals surface area (Å²) in [5, 5.41) is 0. The molecule has 0 aliphatic carbocycles. The van der Waals surface area contributed by atoms with Gasteiger partial charge in [-0.2, -0.15) is 13.2 Å². The van der Waals surface area contributed by atoms with Crippen LogP contribution in [0.5, 0.6) is 0 Å². The van der Waals surface area contributed by atoms with Crippen molar-refractivity contribution in [2.24, 2.45) is 0 Å². The third-order valence-electron chi connectivity index (χ3n) is 4.86. The average molecular weight is 395 g/mol. The van der Waals surface area contributed by atoms with Gasteiger partial charge in [-0.25, -0.2) is 0 Å². The van der Waals surface area contributed by atoms with Crippen molar-refractivity contribution in [3.8, 4) is 0 Å². The highest BCUT2D eigenvalue weighted by Crippen LogP contribution is 2.29. The number of amides is 3. The number of carbonyl (C=O) groups is 3. The number of hydrogen-bond donors (Lipinski definition) is 0. The van der Waals surface area contributed by atoms with E-state index in [2.05, 4.69) is 6.58 Å². The Kier molecular flexibility index (Phi) is 5.44. The Bertz CT molecular complexity index is 822. The molecular weight excluding hydrogens is 375 g/mol. The monoisotopic (exact) mass is 395 g/mol. The largest absolute Gasteiger partial charge is 0.390 e. The van der Waals surface area contributed by atoms with Gasteiger partial charge in [0, 0.05) is 24.3 Å². The minimum absolute atomic E-state index is 0.161. The molecule has 0 N–H and O–H groups in total. The van der Waals surface area contributed by atoms with E-state index < -0.39 is 31.0 Å². The van der Waals surface area contributed by atoms with Crippen LogP contribution in [-0.2, 0) is 16.0 Å². The van der Waals surface area contributed by atoms with Crippen LogP contribution < -0.4 is 4.90 Å². The average Bonchev–Trinajstić information content (AvgIpc) is 3.04. The molecule has 2 aliphatic heterocycles. The van der Waals surface area contributed by atoms with Crippen LogP contribution in [-0.4, -0.2) is 60.0 Å². The molecule has 1 aromatic carbocycles. The molecule has 6 nitrogen and oxygen atoms in total. The molecule has 1 fully saturated rings. The molecular formula is C19H20F3N3O3. The van der Waals surface area contributed by atoms with E-state index in [1.54, 1.807) is 23.1 Å². The Morgan fingerprint density at radius 3 is 2.68 bits per heavy atom. The molecule has 0 radical (unpaired) electrons. The van der Waals surface area contributed by atoms with Crippen molar-refractivity contribution in [1.82, 2.24) is 9.80 Å².